The van der Waals surface area contributed by atoms with Gasteiger partial charge in [0.25, 0.3) is 5.91 Å². The van der Waals surface area contributed by atoms with Gasteiger partial charge in [0.2, 0.25) is 5.91 Å². The molecule has 2 heterocycles. The molecule has 4 radical (unpaired) electrons. The number of nitrogens with zero attached hydrogens (tertiary/aromatic N) is 2. The number of anilines is 1. The molecular formula is C19H14B2N4O3. The number of amides is 2. The first-order valence-corrected chi connectivity index (χ1v) is 8.19. The van der Waals surface area contributed by atoms with Gasteiger partial charge in [0.15, 0.2) is 0 Å². The van der Waals surface area contributed by atoms with Crippen LogP contribution >= 0.6 is 0 Å². The van der Waals surface area contributed by atoms with Gasteiger partial charge in [-0.3, -0.25) is 19.6 Å². The Bertz CT molecular complexity index is 1010. The molecule has 0 aliphatic rings. The van der Waals surface area contributed by atoms with E-state index in [0.29, 0.717) is 16.8 Å². The Morgan fingerprint density at radius 2 is 1.79 bits per heavy atom. The van der Waals surface area contributed by atoms with Gasteiger partial charge < -0.3 is 15.8 Å². The van der Waals surface area contributed by atoms with Crippen LogP contribution in [-0.4, -0.2) is 37.5 Å². The van der Waals surface area contributed by atoms with Crippen molar-refractivity contribution in [2.75, 3.05) is 5.32 Å². The third-order valence-corrected chi connectivity index (χ3v) is 3.78. The highest BCUT2D eigenvalue weighted by atomic mass is 16.5. The highest BCUT2D eigenvalue weighted by Crippen LogP contribution is 2.25. The number of rotatable bonds is 6. The lowest BCUT2D eigenvalue weighted by Gasteiger charge is -2.29. The summed E-state index contributed by atoms with van der Waals surface area (Å²) in [5.41, 5.74) is 6.66. The molecule has 7 nitrogen and oxygen atoms in total. The maximum atomic E-state index is 12.3. The Morgan fingerprint density at radius 3 is 2.50 bits per heavy atom. The number of carbonyl (C=O) groups excluding carboxylic acids is 2. The van der Waals surface area contributed by atoms with E-state index >= 15 is 0 Å². The van der Waals surface area contributed by atoms with E-state index < -0.39 is 11.3 Å². The molecule has 3 aromatic rings. The Balaban J connectivity index is 1.79. The molecule has 0 saturated carbocycles. The van der Waals surface area contributed by atoms with E-state index in [2.05, 4.69) is 15.3 Å². The third-order valence-electron chi connectivity index (χ3n) is 3.78. The lowest BCUT2D eigenvalue weighted by Crippen LogP contribution is -2.34. The average molecular weight is 368 g/mol. The minimum absolute atomic E-state index is 0.158. The fourth-order valence-corrected chi connectivity index (χ4v) is 2.40. The number of pyridine rings is 2. The van der Waals surface area contributed by atoms with E-state index in [9.17, 15) is 9.59 Å². The summed E-state index contributed by atoms with van der Waals surface area (Å²) < 4.78 is 5.59. The zero-order valence-corrected chi connectivity index (χ0v) is 14.7. The molecule has 0 unspecified atom stereocenters. The minimum Gasteiger partial charge on any atom is -0.501 e. The van der Waals surface area contributed by atoms with Crippen LogP contribution in [0.15, 0.2) is 67.3 Å². The van der Waals surface area contributed by atoms with Crippen LogP contribution in [0.2, 0.25) is 0 Å². The van der Waals surface area contributed by atoms with Crippen molar-refractivity contribution in [1.29, 1.82) is 0 Å². The van der Waals surface area contributed by atoms with Gasteiger partial charge in [0.05, 0.1) is 17.3 Å². The van der Waals surface area contributed by atoms with E-state index in [1.54, 1.807) is 42.6 Å². The average Bonchev–Trinajstić information content (AvgIpc) is 2.68. The molecule has 28 heavy (non-hydrogen) atoms. The first kappa shape index (κ1) is 19.2. The zero-order valence-electron chi connectivity index (χ0n) is 14.7. The molecule has 3 rings (SSSR count). The molecule has 2 aromatic heterocycles. The Morgan fingerprint density at radius 1 is 1.00 bits per heavy atom. The molecule has 0 aliphatic carbocycles. The number of hydrogen-bond acceptors (Lipinski definition) is 5. The molecule has 0 saturated heterocycles. The number of carbonyl (C=O) groups is 2. The van der Waals surface area contributed by atoms with Crippen LogP contribution in [0.5, 0.6) is 5.75 Å². The maximum Gasteiger partial charge on any atom is 0.257 e. The number of primary amides is 1. The van der Waals surface area contributed by atoms with Gasteiger partial charge >= 0.3 is 0 Å². The predicted molar refractivity (Wildman–Crippen MR) is 105 cm³/mol. The van der Waals surface area contributed by atoms with Crippen molar-refractivity contribution in [3.8, 4) is 5.75 Å². The Hall–Kier alpha value is -3.61. The van der Waals surface area contributed by atoms with Gasteiger partial charge in [-0.25, -0.2) is 0 Å². The molecule has 0 atom stereocenters. The van der Waals surface area contributed by atoms with Crippen molar-refractivity contribution in [2.24, 2.45) is 5.73 Å². The van der Waals surface area contributed by atoms with Crippen LogP contribution < -0.4 is 15.8 Å². The lowest BCUT2D eigenvalue weighted by molar-refractivity contribution is 0.0996. The van der Waals surface area contributed by atoms with Crippen molar-refractivity contribution in [2.45, 2.75) is 5.40 Å². The number of ether oxygens (including phenoxy) is 1. The predicted octanol–water partition coefficient (Wildman–Crippen LogP) is 1.35. The third kappa shape index (κ3) is 4.56. The van der Waals surface area contributed by atoms with Crippen LogP contribution in [0.3, 0.4) is 0 Å². The number of hydrogen-bond donors (Lipinski definition) is 2. The van der Waals surface area contributed by atoms with Crippen molar-refractivity contribution < 1.29 is 14.3 Å². The van der Waals surface area contributed by atoms with Crippen molar-refractivity contribution >= 4 is 33.2 Å². The van der Waals surface area contributed by atoms with Gasteiger partial charge in [-0.05, 0) is 35.9 Å². The molecular weight excluding hydrogens is 354 g/mol. The fraction of sp³-hybridized carbons (Fsp3) is 0.0526. The first-order chi connectivity index (χ1) is 13.3. The van der Waals surface area contributed by atoms with Gasteiger partial charge in [-0.15, -0.1) is 0 Å². The number of benzene rings is 1. The van der Waals surface area contributed by atoms with Gasteiger partial charge in [0, 0.05) is 29.7 Å². The molecule has 2 amide bonds. The topological polar surface area (TPSA) is 107 Å². The number of nitrogens with two attached hydrogens (primary N) is 1. The standard InChI is InChI=1S/C19H14B2N4O3/c20-19(21,28-16-7-13(17(22)26)10-24-11-16)14-4-1-5-15(8-14)25-18(27)12-3-2-6-23-9-12/h1-11H,(H2,22,26)(H,25,27). The molecule has 134 valence electrons. The first-order valence-electron chi connectivity index (χ1n) is 8.19. The normalized spacial score (nSPS) is 10.9. The van der Waals surface area contributed by atoms with E-state index in [1.165, 1.54) is 24.7 Å². The van der Waals surface area contributed by atoms with Gasteiger partial charge in [-0.1, -0.05) is 12.1 Å². The van der Waals surface area contributed by atoms with Crippen molar-refractivity contribution in [1.82, 2.24) is 9.97 Å². The maximum absolute atomic E-state index is 12.3. The van der Waals surface area contributed by atoms with Crippen LogP contribution in [-0.2, 0) is 5.40 Å². The fourth-order valence-electron chi connectivity index (χ4n) is 2.40. The molecule has 3 N–H and O–H groups in total. The minimum atomic E-state index is -1.74. The lowest BCUT2D eigenvalue weighted by atomic mass is 9.61. The smallest absolute Gasteiger partial charge is 0.257 e. The second kappa shape index (κ2) is 7.96. The quantitative estimate of drug-likeness (QED) is 0.639. The van der Waals surface area contributed by atoms with E-state index in [4.69, 9.17) is 26.2 Å². The highest BCUT2D eigenvalue weighted by molar-refractivity contribution is 6.39. The van der Waals surface area contributed by atoms with Crippen molar-refractivity contribution in [3.63, 3.8) is 0 Å². The second-order valence-corrected chi connectivity index (χ2v) is 5.95. The molecule has 1 aromatic carbocycles. The van der Waals surface area contributed by atoms with E-state index in [1.807, 2.05) is 0 Å². The summed E-state index contributed by atoms with van der Waals surface area (Å²) >= 11 is 0. The van der Waals surface area contributed by atoms with E-state index in [-0.39, 0.29) is 17.2 Å². The summed E-state index contributed by atoms with van der Waals surface area (Å²) in [5, 5.41) is 0.996. The summed E-state index contributed by atoms with van der Waals surface area (Å²) in [5.74, 6) is -0.812. The molecule has 0 fully saturated rings. The monoisotopic (exact) mass is 368 g/mol. The Labute approximate surface area is 164 Å². The summed E-state index contributed by atoms with van der Waals surface area (Å²) in [7, 11) is 12.2. The summed E-state index contributed by atoms with van der Waals surface area (Å²) in [6.07, 6.45) is 5.69. The van der Waals surface area contributed by atoms with Crippen molar-refractivity contribution in [3.05, 3.63) is 83.9 Å². The SMILES string of the molecule is [B]C([B])(Oc1cncc(C(N)=O)c1)c1cccc(NC(=O)c2cccnc2)c1. The molecule has 0 aliphatic heterocycles. The highest BCUT2D eigenvalue weighted by Gasteiger charge is 2.23. The number of nitrogens with one attached hydrogen (secondary N) is 1. The largest absolute Gasteiger partial charge is 0.501 e. The zero-order chi connectivity index (χ0) is 20.1. The second-order valence-electron chi connectivity index (χ2n) is 5.95. The van der Waals surface area contributed by atoms with Gasteiger partial charge in [0.1, 0.15) is 21.4 Å². The number of aromatic nitrogens is 2. The summed E-state index contributed by atoms with van der Waals surface area (Å²) in [6.45, 7) is 0. The van der Waals surface area contributed by atoms with Crippen LogP contribution in [0.25, 0.3) is 0 Å². The molecule has 0 spiro atoms. The van der Waals surface area contributed by atoms with Crippen LogP contribution in [0.1, 0.15) is 26.3 Å². The van der Waals surface area contributed by atoms with Crippen LogP contribution in [0, 0.1) is 0 Å². The summed E-state index contributed by atoms with van der Waals surface area (Å²) in [6, 6.07) is 11.3. The molecule has 0 bridgehead atoms. The van der Waals surface area contributed by atoms with Crippen LogP contribution in [0.4, 0.5) is 5.69 Å². The van der Waals surface area contributed by atoms with E-state index in [0.717, 1.165) is 0 Å². The summed E-state index contributed by atoms with van der Waals surface area (Å²) in [4.78, 5) is 31.3. The molecule has 9 heteroatoms. The Kier molecular flexibility index (Phi) is 5.44. The van der Waals surface area contributed by atoms with Gasteiger partial charge in [-0.2, -0.15) is 0 Å².